The molecule has 2 aromatic carbocycles. The van der Waals surface area contributed by atoms with Gasteiger partial charge in [-0.25, -0.2) is 9.37 Å². The summed E-state index contributed by atoms with van der Waals surface area (Å²) in [6.07, 6.45) is 2.06. The Labute approximate surface area is 171 Å². The molecule has 150 valence electrons. The van der Waals surface area contributed by atoms with Crippen molar-refractivity contribution in [2.75, 3.05) is 0 Å². The molecule has 4 aromatic rings. The number of hydrogen-bond acceptors (Lipinski definition) is 5. The first-order valence-corrected chi connectivity index (χ1v) is 9.57. The Hall–Kier alpha value is -3.81. The lowest BCUT2D eigenvalue weighted by molar-refractivity contribution is 0.0589. The molecule has 1 aliphatic rings. The minimum absolute atomic E-state index is 0.240. The van der Waals surface area contributed by atoms with Gasteiger partial charge in [0.2, 0.25) is 11.7 Å². The van der Waals surface area contributed by atoms with Gasteiger partial charge in [-0.1, -0.05) is 35.0 Å². The van der Waals surface area contributed by atoms with Crippen LogP contribution in [0.1, 0.15) is 39.2 Å². The molecule has 2 aromatic heterocycles. The molecule has 0 radical (unpaired) electrons. The Morgan fingerprint density at radius 3 is 2.70 bits per heavy atom. The summed E-state index contributed by atoms with van der Waals surface area (Å²) in [6.45, 7) is 2.33. The molecular weight excluding hydrogens is 385 g/mol. The largest absolute Gasteiger partial charge is 0.347 e. The lowest BCUT2D eigenvalue weighted by atomic mass is 10.0. The third kappa shape index (κ3) is 3.26. The maximum Gasteiger partial charge on any atom is 0.254 e. The van der Waals surface area contributed by atoms with Crippen molar-refractivity contribution in [3.63, 3.8) is 0 Å². The fourth-order valence-corrected chi connectivity index (χ4v) is 3.62. The van der Waals surface area contributed by atoms with Crippen LogP contribution in [-0.4, -0.2) is 30.9 Å². The van der Waals surface area contributed by atoms with Crippen molar-refractivity contribution >= 4 is 5.91 Å². The van der Waals surface area contributed by atoms with E-state index in [2.05, 4.69) is 20.1 Å². The highest BCUT2D eigenvalue weighted by Crippen LogP contribution is 2.33. The van der Waals surface area contributed by atoms with Gasteiger partial charge in [-0.3, -0.25) is 4.79 Å². The minimum Gasteiger partial charge on any atom is -0.347 e. The number of fused-ring (bicyclic) bond motifs is 1. The third-order valence-electron chi connectivity index (χ3n) is 5.29. The van der Waals surface area contributed by atoms with Crippen LogP contribution in [0.25, 0.3) is 11.4 Å². The fourth-order valence-electron chi connectivity index (χ4n) is 3.62. The topological polar surface area (TPSA) is 87.9 Å². The van der Waals surface area contributed by atoms with Crippen LogP contribution in [0.4, 0.5) is 4.39 Å². The van der Waals surface area contributed by atoms with Crippen LogP contribution in [0.5, 0.6) is 0 Å². The van der Waals surface area contributed by atoms with E-state index in [9.17, 15) is 9.18 Å². The molecule has 1 atom stereocenters. The summed E-state index contributed by atoms with van der Waals surface area (Å²) < 4.78 is 18.9. The van der Waals surface area contributed by atoms with Gasteiger partial charge in [0.1, 0.15) is 11.9 Å². The predicted molar refractivity (Wildman–Crippen MR) is 106 cm³/mol. The molecule has 0 saturated heterocycles. The number of nitrogens with zero attached hydrogens (tertiary/aromatic N) is 4. The zero-order chi connectivity index (χ0) is 20.7. The summed E-state index contributed by atoms with van der Waals surface area (Å²) in [5.41, 5.74) is 4.08. The Morgan fingerprint density at radius 2 is 1.93 bits per heavy atom. The minimum atomic E-state index is -0.468. The average molecular weight is 403 g/mol. The van der Waals surface area contributed by atoms with Gasteiger partial charge in [0, 0.05) is 17.5 Å². The predicted octanol–water partition coefficient (Wildman–Crippen LogP) is 3.85. The molecule has 1 unspecified atom stereocenters. The Morgan fingerprint density at radius 1 is 1.17 bits per heavy atom. The number of rotatable bonds is 3. The van der Waals surface area contributed by atoms with Gasteiger partial charge in [-0.15, -0.1) is 0 Å². The number of hydrogen-bond donors (Lipinski definition) is 1. The molecule has 5 rings (SSSR count). The van der Waals surface area contributed by atoms with Gasteiger partial charge in [-0.05, 0) is 31.2 Å². The van der Waals surface area contributed by atoms with E-state index in [1.165, 1.54) is 24.3 Å². The molecule has 0 spiro atoms. The van der Waals surface area contributed by atoms with Crippen LogP contribution in [0.3, 0.4) is 0 Å². The molecule has 1 amide bonds. The SMILES string of the molecule is Cc1ccc(-c2noc(C3Cc4nc[nH]c4CN3C(=O)c3ccc(F)cc3)n2)cc1. The molecule has 0 saturated carbocycles. The van der Waals surface area contributed by atoms with Crippen molar-refractivity contribution in [3.8, 4) is 11.4 Å². The van der Waals surface area contributed by atoms with E-state index in [0.717, 1.165) is 22.5 Å². The van der Waals surface area contributed by atoms with E-state index in [-0.39, 0.29) is 5.91 Å². The molecule has 30 heavy (non-hydrogen) atoms. The first kappa shape index (κ1) is 18.2. The zero-order valence-electron chi connectivity index (χ0n) is 16.2. The fraction of sp³-hybridized carbons (Fsp3) is 0.182. The van der Waals surface area contributed by atoms with Gasteiger partial charge in [0.15, 0.2) is 0 Å². The highest BCUT2D eigenvalue weighted by atomic mass is 19.1. The summed E-state index contributed by atoms with van der Waals surface area (Å²) in [5.74, 6) is 0.175. The number of imidazole rings is 1. The number of halogens is 1. The maximum absolute atomic E-state index is 13.3. The van der Waals surface area contributed by atoms with Crippen LogP contribution >= 0.6 is 0 Å². The van der Waals surface area contributed by atoms with E-state index in [1.807, 2.05) is 31.2 Å². The number of carbonyl (C=O) groups excluding carboxylic acids is 1. The number of amides is 1. The van der Waals surface area contributed by atoms with E-state index in [4.69, 9.17) is 4.52 Å². The molecule has 0 bridgehead atoms. The third-order valence-corrected chi connectivity index (χ3v) is 5.29. The smallest absolute Gasteiger partial charge is 0.254 e. The van der Waals surface area contributed by atoms with Crippen LogP contribution in [0, 0.1) is 12.7 Å². The number of carbonyl (C=O) groups is 1. The summed E-state index contributed by atoms with van der Waals surface area (Å²) in [6, 6.07) is 12.8. The van der Waals surface area contributed by atoms with Gasteiger partial charge in [0.05, 0.1) is 24.3 Å². The number of nitrogens with one attached hydrogen (secondary N) is 1. The first-order chi connectivity index (χ1) is 14.6. The van der Waals surface area contributed by atoms with Gasteiger partial charge in [-0.2, -0.15) is 4.98 Å². The van der Waals surface area contributed by atoms with Crippen molar-refractivity contribution in [3.05, 3.63) is 89.1 Å². The van der Waals surface area contributed by atoms with E-state index in [0.29, 0.717) is 30.2 Å². The van der Waals surface area contributed by atoms with Crippen molar-refractivity contribution < 1.29 is 13.7 Å². The monoisotopic (exact) mass is 403 g/mol. The lowest BCUT2D eigenvalue weighted by Gasteiger charge is -2.32. The first-order valence-electron chi connectivity index (χ1n) is 9.57. The summed E-state index contributed by atoms with van der Waals surface area (Å²) in [7, 11) is 0. The van der Waals surface area contributed by atoms with Gasteiger partial charge < -0.3 is 14.4 Å². The number of aromatic amines is 1. The van der Waals surface area contributed by atoms with Crippen molar-refractivity contribution in [1.82, 2.24) is 25.0 Å². The molecule has 8 heteroatoms. The Bertz CT molecular complexity index is 1200. The molecule has 0 fully saturated rings. The number of aromatic nitrogens is 4. The maximum atomic E-state index is 13.3. The number of benzene rings is 2. The van der Waals surface area contributed by atoms with Crippen LogP contribution in [0.2, 0.25) is 0 Å². The van der Waals surface area contributed by atoms with Crippen molar-refractivity contribution in [2.24, 2.45) is 0 Å². The standard InChI is InChI=1S/C22H18FN5O2/c1-13-2-4-14(5-3-13)20-26-21(30-27-20)19-10-17-18(25-12-24-17)11-28(19)22(29)15-6-8-16(23)9-7-15/h2-9,12,19H,10-11H2,1H3,(H,24,25). The molecule has 7 nitrogen and oxygen atoms in total. The van der Waals surface area contributed by atoms with Gasteiger partial charge in [0.25, 0.3) is 5.91 Å². The summed E-state index contributed by atoms with van der Waals surface area (Å²) in [4.78, 5) is 26.9. The van der Waals surface area contributed by atoms with Crippen molar-refractivity contribution in [1.29, 1.82) is 0 Å². The molecular formula is C22H18FN5O2. The Balaban J connectivity index is 1.50. The summed E-state index contributed by atoms with van der Waals surface area (Å²) in [5, 5.41) is 4.11. The molecule has 0 aliphatic carbocycles. The lowest BCUT2D eigenvalue weighted by Crippen LogP contribution is -2.39. The average Bonchev–Trinajstić information content (AvgIpc) is 3.42. The quantitative estimate of drug-likeness (QED) is 0.561. The normalized spacial score (nSPS) is 15.8. The van der Waals surface area contributed by atoms with E-state index in [1.54, 1.807) is 11.2 Å². The van der Waals surface area contributed by atoms with E-state index < -0.39 is 11.9 Å². The van der Waals surface area contributed by atoms with Crippen LogP contribution in [0.15, 0.2) is 59.4 Å². The highest BCUT2D eigenvalue weighted by Gasteiger charge is 2.36. The van der Waals surface area contributed by atoms with E-state index >= 15 is 0 Å². The van der Waals surface area contributed by atoms with Gasteiger partial charge >= 0.3 is 0 Å². The number of aryl methyl sites for hydroxylation is 1. The number of H-pyrrole nitrogens is 1. The van der Waals surface area contributed by atoms with Crippen molar-refractivity contribution in [2.45, 2.75) is 25.9 Å². The second-order valence-corrected chi connectivity index (χ2v) is 7.31. The van der Waals surface area contributed by atoms with Crippen LogP contribution < -0.4 is 0 Å². The zero-order valence-corrected chi connectivity index (χ0v) is 16.2. The highest BCUT2D eigenvalue weighted by molar-refractivity contribution is 5.94. The Kier molecular flexibility index (Phi) is 4.39. The summed E-state index contributed by atoms with van der Waals surface area (Å²) >= 11 is 0. The molecule has 3 heterocycles. The second-order valence-electron chi connectivity index (χ2n) is 7.31. The molecule has 1 aliphatic heterocycles. The second kappa shape index (κ2) is 7.22. The van der Waals surface area contributed by atoms with Crippen LogP contribution in [-0.2, 0) is 13.0 Å². The molecule has 1 N–H and O–H groups in total.